The van der Waals surface area contributed by atoms with Gasteiger partial charge in [0.2, 0.25) is 10.0 Å². The number of nitrogens with one attached hydrogen (secondary N) is 1. The van der Waals surface area contributed by atoms with Gasteiger partial charge < -0.3 is 5.32 Å². The third-order valence-electron chi connectivity index (χ3n) is 6.99. The van der Waals surface area contributed by atoms with Crippen molar-refractivity contribution in [3.63, 3.8) is 0 Å². The summed E-state index contributed by atoms with van der Waals surface area (Å²) in [4.78, 5) is 12.9. The average molecular weight is 365 g/mol. The molecule has 0 saturated heterocycles. The predicted molar refractivity (Wildman–Crippen MR) is 97.8 cm³/mol. The zero-order valence-corrected chi connectivity index (χ0v) is 16.5. The van der Waals surface area contributed by atoms with Crippen LogP contribution in [0.25, 0.3) is 0 Å². The van der Waals surface area contributed by atoms with Gasteiger partial charge in [-0.2, -0.15) is 0 Å². The summed E-state index contributed by atoms with van der Waals surface area (Å²) in [5, 5.41) is 3.20. The molecule has 3 atom stereocenters. The molecule has 6 heteroatoms. The van der Waals surface area contributed by atoms with Crippen molar-refractivity contribution < 1.29 is 13.2 Å². The van der Waals surface area contributed by atoms with Gasteiger partial charge in [0.05, 0.1) is 4.90 Å². The van der Waals surface area contributed by atoms with Gasteiger partial charge in [0, 0.05) is 25.7 Å². The molecular formula is C19H28N2O3S. The molecule has 0 radical (unpaired) electrons. The van der Waals surface area contributed by atoms with E-state index in [-0.39, 0.29) is 27.7 Å². The summed E-state index contributed by atoms with van der Waals surface area (Å²) in [6.45, 7) is 6.92. The predicted octanol–water partition coefficient (Wildman–Crippen LogP) is 2.88. The van der Waals surface area contributed by atoms with E-state index in [0.717, 1.165) is 12.8 Å². The number of amides is 1. The number of hydrogen-bond acceptors (Lipinski definition) is 3. The number of benzene rings is 1. The molecule has 1 amide bonds. The Bertz CT molecular complexity index is 783. The molecule has 2 saturated carbocycles. The van der Waals surface area contributed by atoms with Crippen LogP contribution in [0.1, 0.15) is 50.4 Å². The summed E-state index contributed by atoms with van der Waals surface area (Å²) in [5.41, 5.74) is 0.873. The SMILES string of the molecule is CN(C)S(=O)(=O)c1ccc(C(=O)NC2CC3CCC2(C)C3(C)C)cc1. The van der Waals surface area contributed by atoms with E-state index in [1.807, 2.05) is 0 Å². The zero-order valence-electron chi connectivity index (χ0n) is 15.7. The third kappa shape index (κ3) is 2.70. The van der Waals surface area contributed by atoms with Gasteiger partial charge in [-0.05, 0) is 60.3 Å². The molecule has 0 aliphatic heterocycles. The quantitative estimate of drug-likeness (QED) is 0.893. The van der Waals surface area contributed by atoms with Gasteiger partial charge in [-0.1, -0.05) is 20.8 Å². The van der Waals surface area contributed by atoms with Crippen molar-refractivity contribution in [2.75, 3.05) is 14.1 Å². The van der Waals surface area contributed by atoms with Crippen molar-refractivity contribution in [2.45, 2.75) is 51.0 Å². The lowest BCUT2D eigenvalue weighted by atomic mass is 9.69. The molecule has 2 fully saturated rings. The number of sulfonamides is 1. The van der Waals surface area contributed by atoms with Gasteiger partial charge in [0.25, 0.3) is 5.91 Å². The van der Waals surface area contributed by atoms with E-state index in [1.165, 1.54) is 37.0 Å². The number of carbonyl (C=O) groups excluding carboxylic acids is 1. The Hall–Kier alpha value is -1.40. The van der Waals surface area contributed by atoms with Gasteiger partial charge in [-0.25, -0.2) is 12.7 Å². The van der Waals surface area contributed by atoms with E-state index >= 15 is 0 Å². The Morgan fingerprint density at radius 2 is 1.76 bits per heavy atom. The highest BCUT2D eigenvalue weighted by molar-refractivity contribution is 7.89. The fourth-order valence-electron chi connectivity index (χ4n) is 4.65. The van der Waals surface area contributed by atoms with Crippen molar-refractivity contribution in [3.05, 3.63) is 29.8 Å². The highest BCUT2D eigenvalue weighted by Crippen LogP contribution is 2.65. The summed E-state index contributed by atoms with van der Waals surface area (Å²) in [5.74, 6) is 0.541. The highest BCUT2D eigenvalue weighted by atomic mass is 32.2. The molecule has 1 aromatic rings. The summed E-state index contributed by atoms with van der Waals surface area (Å²) in [6.07, 6.45) is 3.42. The van der Waals surface area contributed by atoms with Crippen LogP contribution >= 0.6 is 0 Å². The van der Waals surface area contributed by atoms with E-state index in [2.05, 4.69) is 26.1 Å². The smallest absolute Gasteiger partial charge is 0.251 e. The molecule has 3 unspecified atom stereocenters. The second kappa shape index (κ2) is 5.81. The Morgan fingerprint density at radius 1 is 1.16 bits per heavy atom. The Morgan fingerprint density at radius 3 is 2.20 bits per heavy atom. The molecule has 2 aliphatic rings. The fraction of sp³-hybridized carbons (Fsp3) is 0.632. The summed E-state index contributed by atoms with van der Waals surface area (Å²) < 4.78 is 25.4. The van der Waals surface area contributed by atoms with E-state index < -0.39 is 10.0 Å². The number of fused-ring (bicyclic) bond motifs is 2. The van der Waals surface area contributed by atoms with Gasteiger partial charge >= 0.3 is 0 Å². The molecule has 138 valence electrons. The normalized spacial score (nSPS) is 30.6. The van der Waals surface area contributed by atoms with Crippen molar-refractivity contribution >= 4 is 15.9 Å². The Kier molecular flexibility index (Phi) is 4.27. The molecule has 0 heterocycles. The van der Waals surface area contributed by atoms with Crippen LogP contribution in [-0.4, -0.2) is 38.8 Å². The van der Waals surface area contributed by atoms with Crippen molar-refractivity contribution in [2.24, 2.45) is 16.7 Å². The van der Waals surface area contributed by atoms with Crippen LogP contribution in [0.15, 0.2) is 29.2 Å². The average Bonchev–Trinajstić information content (AvgIpc) is 2.88. The maximum absolute atomic E-state index is 12.7. The highest BCUT2D eigenvalue weighted by Gasteiger charge is 2.61. The molecule has 0 spiro atoms. The lowest BCUT2D eigenvalue weighted by molar-refractivity contribution is 0.0826. The molecule has 1 aromatic carbocycles. The van der Waals surface area contributed by atoms with Crippen molar-refractivity contribution in [1.29, 1.82) is 0 Å². The van der Waals surface area contributed by atoms with Gasteiger partial charge in [0.15, 0.2) is 0 Å². The summed E-state index contributed by atoms with van der Waals surface area (Å²) in [6, 6.07) is 6.35. The topological polar surface area (TPSA) is 66.5 Å². The number of carbonyl (C=O) groups is 1. The molecule has 1 N–H and O–H groups in total. The minimum Gasteiger partial charge on any atom is -0.349 e. The van der Waals surface area contributed by atoms with Gasteiger partial charge in [-0.15, -0.1) is 0 Å². The summed E-state index contributed by atoms with van der Waals surface area (Å²) >= 11 is 0. The van der Waals surface area contributed by atoms with Crippen LogP contribution in [0, 0.1) is 16.7 Å². The van der Waals surface area contributed by atoms with Crippen molar-refractivity contribution in [3.8, 4) is 0 Å². The second-order valence-electron chi connectivity index (χ2n) is 8.45. The molecule has 5 nitrogen and oxygen atoms in total. The zero-order chi connectivity index (χ0) is 18.6. The first-order valence-electron chi connectivity index (χ1n) is 8.83. The molecule has 25 heavy (non-hydrogen) atoms. The largest absolute Gasteiger partial charge is 0.349 e. The van der Waals surface area contributed by atoms with E-state index in [9.17, 15) is 13.2 Å². The van der Waals surface area contributed by atoms with Crippen LogP contribution in [0.2, 0.25) is 0 Å². The minimum absolute atomic E-state index is 0.122. The van der Waals surface area contributed by atoms with Crippen molar-refractivity contribution in [1.82, 2.24) is 9.62 Å². The van der Waals surface area contributed by atoms with Crippen LogP contribution < -0.4 is 5.32 Å². The monoisotopic (exact) mass is 364 g/mol. The van der Waals surface area contributed by atoms with E-state index in [4.69, 9.17) is 0 Å². The lowest BCUT2D eigenvalue weighted by Crippen LogP contribution is -2.46. The molecule has 3 rings (SSSR count). The number of hydrogen-bond donors (Lipinski definition) is 1. The van der Waals surface area contributed by atoms with Gasteiger partial charge in [-0.3, -0.25) is 4.79 Å². The number of rotatable bonds is 4. The maximum Gasteiger partial charge on any atom is 0.251 e. The second-order valence-corrected chi connectivity index (χ2v) is 10.6. The maximum atomic E-state index is 12.7. The number of nitrogens with zero attached hydrogens (tertiary/aromatic N) is 1. The van der Waals surface area contributed by atoms with Crippen LogP contribution in [-0.2, 0) is 10.0 Å². The third-order valence-corrected chi connectivity index (χ3v) is 8.82. The van der Waals surface area contributed by atoms with E-state index in [1.54, 1.807) is 12.1 Å². The Labute approximate surface area is 150 Å². The molecule has 2 bridgehead atoms. The molecule has 0 aromatic heterocycles. The van der Waals surface area contributed by atoms with E-state index in [0.29, 0.717) is 11.5 Å². The molecular weight excluding hydrogens is 336 g/mol. The van der Waals surface area contributed by atoms with Gasteiger partial charge in [0.1, 0.15) is 0 Å². The Balaban J connectivity index is 1.75. The standard InChI is InChI=1S/C19H28N2O3S/c1-18(2)14-10-11-19(18,3)16(12-14)20-17(22)13-6-8-15(9-7-13)25(23,24)21(4)5/h6-9,14,16H,10-12H2,1-5H3,(H,20,22). The van der Waals surface area contributed by atoms with Crippen LogP contribution in [0.5, 0.6) is 0 Å². The molecule has 2 aliphatic carbocycles. The first-order chi connectivity index (χ1) is 11.5. The van der Waals surface area contributed by atoms with Crippen LogP contribution in [0.3, 0.4) is 0 Å². The summed E-state index contributed by atoms with van der Waals surface area (Å²) in [7, 11) is -0.485. The first kappa shape index (κ1) is 18.4. The lowest BCUT2D eigenvalue weighted by Gasteiger charge is -2.39. The minimum atomic E-state index is -3.47. The van der Waals surface area contributed by atoms with Crippen LogP contribution in [0.4, 0.5) is 0 Å². The first-order valence-corrected chi connectivity index (χ1v) is 10.3. The fourth-order valence-corrected chi connectivity index (χ4v) is 5.55.